The van der Waals surface area contributed by atoms with Crippen molar-refractivity contribution in [3.63, 3.8) is 0 Å². The van der Waals surface area contributed by atoms with Gasteiger partial charge in [-0.2, -0.15) is 17.0 Å². The van der Waals surface area contributed by atoms with Crippen molar-refractivity contribution in [3.8, 4) is 0 Å². The molecule has 2 rings (SSSR count). The first-order valence-electron chi connectivity index (χ1n) is 9.05. The molecule has 154 valence electrons. The molecule has 2 heterocycles. The third-order valence-corrected chi connectivity index (χ3v) is 8.69. The molecule has 0 aromatic rings. The zero-order valence-corrected chi connectivity index (χ0v) is 17.8. The first kappa shape index (κ1) is 22.0. The minimum atomic E-state index is -3.47. The van der Waals surface area contributed by atoms with Crippen molar-refractivity contribution in [1.82, 2.24) is 17.8 Å². The number of ether oxygens (including phenoxy) is 1. The van der Waals surface area contributed by atoms with E-state index in [1.807, 2.05) is 13.8 Å². The first-order valence-corrected chi connectivity index (χ1v) is 12.1. The van der Waals surface area contributed by atoms with Gasteiger partial charge in [0.1, 0.15) is 0 Å². The highest BCUT2D eigenvalue weighted by atomic mass is 32.2. The van der Waals surface area contributed by atoms with Gasteiger partial charge >= 0.3 is 0 Å². The summed E-state index contributed by atoms with van der Waals surface area (Å²) in [5, 5.41) is 0. The molecular formula is C15H32N4O5S2. The quantitative estimate of drug-likeness (QED) is 0.546. The van der Waals surface area contributed by atoms with Crippen LogP contribution in [0, 0.1) is 0 Å². The van der Waals surface area contributed by atoms with Crippen LogP contribution in [0.15, 0.2) is 0 Å². The molecule has 11 heteroatoms. The molecule has 2 aliphatic heterocycles. The third-order valence-electron chi connectivity index (χ3n) is 4.80. The molecule has 26 heavy (non-hydrogen) atoms. The Balaban J connectivity index is 1.82. The van der Waals surface area contributed by atoms with Crippen LogP contribution in [0.25, 0.3) is 0 Å². The Hall–Kier alpha value is -0.300. The van der Waals surface area contributed by atoms with Crippen LogP contribution in [0.2, 0.25) is 0 Å². The average molecular weight is 413 g/mol. The Morgan fingerprint density at radius 2 is 1.46 bits per heavy atom. The summed E-state index contributed by atoms with van der Waals surface area (Å²) in [6.45, 7) is 7.31. The van der Waals surface area contributed by atoms with Gasteiger partial charge in [-0.15, -0.1) is 0 Å². The van der Waals surface area contributed by atoms with Crippen LogP contribution in [-0.4, -0.2) is 113 Å². The standard InChI is InChI=1S/C15H32N4O5S2/c1-14-12-19(13-15(2)24-14)26(22,23)18-9-7-17(8-10-18)6-5-11-25(20,21)16(3)4/h14-15H,5-13H2,1-4H3. The number of hydrogen-bond donors (Lipinski definition) is 0. The van der Waals surface area contributed by atoms with Crippen LogP contribution >= 0.6 is 0 Å². The van der Waals surface area contributed by atoms with E-state index < -0.39 is 20.2 Å². The van der Waals surface area contributed by atoms with E-state index in [1.165, 1.54) is 27.0 Å². The van der Waals surface area contributed by atoms with Gasteiger partial charge in [-0.1, -0.05) is 0 Å². The second-order valence-corrected chi connectivity index (χ2v) is 11.5. The number of nitrogens with zero attached hydrogens (tertiary/aromatic N) is 4. The van der Waals surface area contributed by atoms with Crippen molar-refractivity contribution in [3.05, 3.63) is 0 Å². The second-order valence-electron chi connectivity index (χ2n) is 7.27. The van der Waals surface area contributed by atoms with E-state index in [9.17, 15) is 16.8 Å². The Kier molecular flexibility index (Phi) is 7.45. The molecule has 0 radical (unpaired) electrons. The summed E-state index contributed by atoms with van der Waals surface area (Å²) >= 11 is 0. The van der Waals surface area contributed by atoms with E-state index in [2.05, 4.69) is 4.90 Å². The molecule has 0 amide bonds. The second kappa shape index (κ2) is 8.80. The normalized spacial score (nSPS) is 27.9. The Bertz CT molecular complexity index is 650. The first-order chi connectivity index (χ1) is 12.0. The molecule has 0 bridgehead atoms. The van der Waals surface area contributed by atoms with Crippen molar-refractivity contribution in [1.29, 1.82) is 0 Å². The van der Waals surface area contributed by atoms with E-state index in [0.29, 0.717) is 52.2 Å². The lowest BCUT2D eigenvalue weighted by Crippen LogP contribution is -2.57. The van der Waals surface area contributed by atoms with Crippen molar-refractivity contribution in [2.75, 3.05) is 65.7 Å². The van der Waals surface area contributed by atoms with E-state index >= 15 is 0 Å². The Morgan fingerprint density at radius 1 is 0.923 bits per heavy atom. The van der Waals surface area contributed by atoms with Crippen LogP contribution in [0.3, 0.4) is 0 Å². The molecule has 2 atom stereocenters. The van der Waals surface area contributed by atoms with E-state index in [4.69, 9.17) is 4.74 Å². The summed E-state index contributed by atoms with van der Waals surface area (Å²) in [5.74, 6) is 0.113. The summed E-state index contributed by atoms with van der Waals surface area (Å²) in [7, 11) is -3.58. The minimum absolute atomic E-state index is 0.103. The molecular weight excluding hydrogens is 380 g/mol. The smallest absolute Gasteiger partial charge is 0.282 e. The zero-order valence-electron chi connectivity index (χ0n) is 16.2. The van der Waals surface area contributed by atoms with Gasteiger partial charge in [0.2, 0.25) is 10.0 Å². The van der Waals surface area contributed by atoms with Crippen LogP contribution in [0.1, 0.15) is 20.3 Å². The highest BCUT2D eigenvalue weighted by molar-refractivity contribution is 7.89. The Morgan fingerprint density at radius 3 is 1.96 bits per heavy atom. The number of hydrogen-bond acceptors (Lipinski definition) is 6. The fourth-order valence-corrected chi connectivity index (χ4v) is 5.93. The van der Waals surface area contributed by atoms with Crippen molar-refractivity contribution < 1.29 is 21.6 Å². The fraction of sp³-hybridized carbons (Fsp3) is 1.00. The highest BCUT2D eigenvalue weighted by Crippen LogP contribution is 2.19. The molecule has 0 aliphatic carbocycles. The van der Waals surface area contributed by atoms with Crippen LogP contribution in [0.5, 0.6) is 0 Å². The predicted octanol–water partition coefficient (Wildman–Crippen LogP) is -0.760. The molecule has 2 saturated heterocycles. The minimum Gasteiger partial charge on any atom is -0.373 e. The lowest BCUT2D eigenvalue weighted by Gasteiger charge is -2.40. The fourth-order valence-electron chi connectivity index (χ4n) is 3.32. The van der Waals surface area contributed by atoms with E-state index in [0.717, 1.165) is 0 Å². The summed E-state index contributed by atoms with van der Waals surface area (Å²) in [5.41, 5.74) is 0. The summed E-state index contributed by atoms with van der Waals surface area (Å²) < 4.78 is 59.2. The lowest BCUT2D eigenvalue weighted by molar-refractivity contribution is -0.0457. The third kappa shape index (κ3) is 5.60. The molecule has 0 N–H and O–H groups in total. The maximum atomic E-state index is 12.9. The van der Waals surface area contributed by atoms with E-state index in [1.54, 1.807) is 0 Å². The van der Waals surface area contributed by atoms with Crippen molar-refractivity contribution in [2.24, 2.45) is 0 Å². The molecule has 2 unspecified atom stereocenters. The lowest BCUT2D eigenvalue weighted by atomic mass is 10.3. The molecule has 9 nitrogen and oxygen atoms in total. The number of morpholine rings is 1. The SMILES string of the molecule is CC1CN(S(=O)(=O)N2CCN(CCCS(=O)(=O)N(C)C)CC2)CC(C)O1. The van der Waals surface area contributed by atoms with Gasteiger partial charge in [-0.25, -0.2) is 12.7 Å². The molecule has 2 fully saturated rings. The molecule has 0 aromatic carbocycles. The van der Waals surface area contributed by atoms with Gasteiger partial charge < -0.3 is 9.64 Å². The van der Waals surface area contributed by atoms with Crippen LogP contribution in [0.4, 0.5) is 0 Å². The monoisotopic (exact) mass is 412 g/mol. The average Bonchev–Trinajstić information content (AvgIpc) is 2.54. The maximum absolute atomic E-state index is 12.9. The van der Waals surface area contributed by atoms with Gasteiger partial charge in [0.15, 0.2) is 0 Å². The van der Waals surface area contributed by atoms with Gasteiger partial charge in [-0.3, -0.25) is 0 Å². The van der Waals surface area contributed by atoms with Crippen LogP contribution < -0.4 is 0 Å². The largest absolute Gasteiger partial charge is 0.373 e. The predicted molar refractivity (Wildman–Crippen MR) is 101 cm³/mol. The number of sulfonamides is 1. The van der Waals surface area contributed by atoms with Crippen molar-refractivity contribution in [2.45, 2.75) is 32.5 Å². The molecule has 0 spiro atoms. The Labute approximate surface area is 158 Å². The van der Waals surface area contributed by atoms with Crippen molar-refractivity contribution >= 4 is 20.2 Å². The van der Waals surface area contributed by atoms with E-state index in [-0.39, 0.29) is 18.0 Å². The topological polar surface area (TPSA) is 90.5 Å². The summed E-state index contributed by atoms with van der Waals surface area (Å²) in [6.07, 6.45) is 0.341. The number of piperazine rings is 1. The summed E-state index contributed by atoms with van der Waals surface area (Å²) in [4.78, 5) is 2.13. The molecule has 0 saturated carbocycles. The maximum Gasteiger partial charge on any atom is 0.282 e. The van der Waals surface area contributed by atoms with Gasteiger partial charge in [0, 0.05) is 53.4 Å². The molecule has 2 aliphatic rings. The van der Waals surface area contributed by atoms with Crippen LogP contribution in [-0.2, 0) is 25.0 Å². The summed E-state index contributed by atoms with van der Waals surface area (Å²) in [6, 6.07) is 0. The zero-order chi connectivity index (χ0) is 19.5. The van der Waals surface area contributed by atoms with Gasteiger partial charge in [-0.05, 0) is 26.8 Å². The van der Waals surface area contributed by atoms with Gasteiger partial charge in [0.25, 0.3) is 10.2 Å². The number of rotatable bonds is 7. The molecule has 0 aromatic heterocycles. The highest BCUT2D eigenvalue weighted by Gasteiger charge is 2.36. The van der Waals surface area contributed by atoms with Gasteiger partial charge in [0.05, 0.1) is 18.0 Å².